The van der Waals surface area contributed by atoms with Gasteiger partial charge in [-0.05, 0) is 54.8 Å². The lowest BCUT2D eigenvalue weighted by atomic mass is 10.1. The third-order valence-corrected chi connectivity index (χ3v) is 3.78. The van der Waals surface area contributed by atoms with Gasteiger partial charge in [0, 0.05) is 20.7 Å². The van der Waals surface area contributed by atoms with Gasteiger partial charge >= 0.3 is 0 Å². The summed E-state index contributed by atoms with van der Waals surface area (Å²) in [6, 6.07) is 11.0. The van der Waals surface area contributed by atoms with Crippen molar-refractivity contribution in [1.29, 1.82) is 0 Å². The molecule has 1 amide bonds. The highest BCUT2D eigenvalue weighted by Crippen LogP contribution is 2.27. The van der Waals surface area contributed by atoms with E-state index in [9.17, 15) is 4.79 Å². The maximum Gasteiger partial charge on any atom is 0.255 e. The van der Waals surface area contributed by atoms with Crippen LogP contribution < -0.4 is 5.32 Å². The Labute approximate surface area is 132 Å². The Balaban J connectivity index is 2.32. The molecule has 0 aliphatic rings. The SMILES string of the molecule is CCc1cc(Br)cc(C)c1NC(=O)c1cccc(Cl)c1. The number of carbonyl (C=O) groups is 1. The zero-order valence-corrected chi connectivity index (χ0v) is 13.7. The van der Waals surface area contributed by atoms with Gasteiger partial charge < -0.3 is 5.32 Å². The van der Waals surface area contributed by atoms with Gasteiger partial charge in [-0.3, -0.25) is 4.79 Å². The van der Waals surface area contributed by atoms with E-state index in [1.54, 1.807) is 24.3 Å². The molecule has 0 aliphatic carbocycles. The normalized spacial score (nSPS) is 10.4. The van der Waals surface area contributed by atoms with Gasteiger partial charge in [-0.25, -0.2) is 0 Å². The maximum absolute atomic E-state index is 12.3. The quantitative estimate of drug-likeness (QED) is 0.805. The van der Waals surface area contributed by atoms with E-state index in [0.29, 0.717) is 10.6 Å². The summed E-state index contributed by atoms with van der Waals surface area (Å²) in [6.07, 6.45) is 0.853. The number of rotatable bonds is 3. The lowest BCUT2D eigenvalue weighted by Gasteiger charge is -2.14. The first-order valence-electron chi connectivity index (χ1n) is 6.37. The van der Waals surface area contributed by atoms with Crippen LogP contribution in [0.4, 0.5) is 5.69 Å². The van der Waals surface area contributed by atoms with Crippen LogP contribution in [0.3, 0.4) is 0 Å². The Hall–Kier alpha value is -1.32. The van der Waals surface area contributed by atoms with Crippen molar-refractivity contribution in [3.05, 3.63) is 62.6 Å². The number of halogens is 2. The van der Waals surface area contributed by atoms with Gasteiger partial charge in [-0.2, -0.15) is 0 Å². The van der Waals surface area contributed by atoms with Gasteiger partial charge in [0.05, 0.1) is 0 Å². The number of benzene rings is 2. The van der Waals surface area contributed by atoms with Gasteiger partial charge in [0.15, 0.2) is 0 Å². The predicted molar refractivity (Wildman–Crippen MR) is 87.7 cm³/mol. The van der Waals surface area contributed by atoms with E-state index in [1.807, 2.05) is 19.1 Å². The van der Waals surface area contributed by atoms with E-state index in [4.69, 9.17) is 11.6 Å². The fourth-order valence-electron chi connectivity index (χ4n) is 2.09. The molecule has 0 aliphatic heterocycles. The van der Waals surface area contributed by atoms with E-state index in [2.05, 4.69) is 28.2 Å². The molecule has 2 aromatic rings. The van der Waals surface area contributed by atoms with Crippen LogP contribution >= 0.6 is 27.5 Å². The molecule has 20 heavy (non-hydrogen) atoms. The van der Waals surface area contributed by atoms with E-state index >= 15 is 0 Å². The second-order valence-electron chi connectivity index (χ2n) is 4.57. The molecule has 104 valence electrons. The molecule has 2 aromatic carbocycles. The summed E-state index contributed by atoms with van der Waals surface area (Å²) >= 11 is 9.39. The standard InChI is InChI=1S/C16H15BrClNO/c1-3-11-8-13(17)7-10(2)15(11)19-16(20)12-5-4-6-14(18)9-12/h4-9H,3H2,1-2H3,(H,19,20). The minimum absolute atomic E-state index is 0.146. The van der Waals surface area contributed by atoms with Crippen molar-refractivity contribution in [2.24, 2.45) is 0 Å². The lowest BCUT2D eigenvalue weighted by molar-refractivity contribution is 0.102. The van der Waals surface area contributed by atoms with Crippen LogP contribution in [0.1, 0.15) is 28.4 Å². The number of hydrogen-bond acceptors (Lipinski definition) is 1. The van der Waals surface area contributed by atoms with Crippen molar-refractivity contribution in [2.45, 2.75) is 20.3 Å². The maximum atomic E-state index is 12.3. The zero-order chi connectivity index (χ0) is 14.7. The van der Waals surface area contributed by atoms with Crippen LogP contribution in [-0.2, 0) is 6.42 Å². The molecule has 0 fully saturated rings. The van der Waals surface area contributed by atoms with Crippen molar-refractivity contribution < 1.29 is 4.79 Å². The molecular formula is C16H15BrClNO. The van der Waals surface area contributed by atoms with Gasteiger partial charge in [-0.1, -0.05) is 40.5 Å². The monoisotopic (exact) mass is 351 g/mol. The van der Waals surface area contributed by atoms with Crippen LogP contribution in [0.25, 0.3) is 0 Å². The number of carbonyl (C=O) groups excluding carboxylic acids is 1. The van der Waals surface area contributed by atoms with Crippen molar-refractivity contribution in [2.75, 3.05) is 5.32 Å². The highest BCUT2D eigenvalue weighted by Gasteiger charge is 2.12. The molecule has 0 radical (unpaired) electrons. The zero-order valence-electron chi connectivity index (χ0n) is 11.3. The van der Waals surface area contributed by atoms with Crippen molar-refractivity contribution in [1.82, 2.24) is 0 Å². The number of hydrogen-bond donors (Lipinski definition) is 1. The van der Waals surface area contributed by atoms with Gasteiger partial charge in [0.25, 0.3) is 5.91 Å². The Morgan fingerprint density at radius 2 is 2.05 bits per heavy atom. The average Bonchev–Trinajstić information content (AvgIpc) is 2.41. The minimum atomic E-state index is -0.146. The van der Waals surface area contributed by atoms with E-state index in [0.717, 1.165) is 27.7 Å². The Kier molecular flexibility index (Phi) is 4.84. The lowest BCUT2D eigenvalue weighted by Crippen LogP contribution is -2.14. The van der Waals surface area contributed by atoms with E-state index in [1.165, 1.54) is 0 Å². The van der Waals surface area contributed by atoms with Crippen molar-refractivity contribution in [3.63, 3.8) is 0 Å². The van der Waals surface area contributed by atoms with E-state index in [-0.39, 0.29) is 5.91 Å². The first-order valence-corrected chi connectivity index (χ1v) is 7.54. The van der Waals surface area contributed by atoms with Crippen LogP contribution in [0.5, 0.6) is 0 Å². The number of nitrogens with one attached hydrogen (secondary N) is 1. The fraction of sp³-hybridized carbons (Fsp3) is 0.188. The average molecular weight is 353 g/mol. The first-order chi connectivity index (χ1) is 9.51. The highest BCUT2D eigenvalue weighted by atomic mass is 79.9. The van der Waals surface area contributed by atoms with Gasteiger partial charge in [0.2, 0.25) is 0 Å². The third-order valence-electron chi connectivity index (χ3n) is 3.09. The van der Waals surface area contributed by atoms with Gasteiger partial charge in [-0.15, -0.1) is 0 Å². The van der Waals surface area contributed by atoms with E-state index < -0.39 is 0 Å². The summed E-state index contributed by atoms with van der Waals surface area (Å²) in [5.74, 6) is -0.146. The Morgan fingerprint density at radius 1 is 1.30 bits per heavy atom. The van der Waals surface area contributed by atoms with Crippen LogP contribution in [0, 0.1) is 6.92 Å². The topological polar surface area (TPSA) is 29.1 Å². The molecule has 2 nitrogen and oxygen atoms in total. The molecular weight excluding hydrogens is 338 g/mol. The van der Waals surface area contributed by atoms with Crippen LogP contribution in [-0.4, -0.2) is 5.91 Å². The molecule has 0 spiro atoms. The summed E-state index contributed by atoms with van der Waals surface area (Å²) in [7, 11) is 0. The number of aryl methyl sites for hydroxylation is 2. The molecule has 0 saturated heterocycles. The molecule has 0 aromatic heterocycles. The molecule has 0 unspecified atom stereocenters. The molecule has 1 N–H and O–H groups in total. The first kappa shape index (κ1) is 15.1. The molecule has 0 heterocycles. The third kappa shape index (κ3) is 3.41. The van der Waals surface area contributed by atoms with Crippen LogP contribution in [0.15, 0.2) is 40.9 Å². The molecule has 2 rings (SSSR count). The molecule has 0 saturated carbocycles. The highest BCUT2D eigenvalue weighted by molar-refractivity contribution is 9.10. The summed E-state index contributed by atoms with van der Waals surface area (Å²) < 4.78 is 1.02. The molecule has 0 atom stereocenters. The molecule has 0 bridgehead atoms. The predicted octanol–water partition coefficient (Wildman–Crippen LogP) is 5.23. The Bertz CT molecular complexity index is 655. The second-order valence-corrected chi connectivity index (χ2v) is 5.93. The van der Waals surface area contributed by atoms with Gasteiger partial charge in [0.1, 0.15) is 0 Å². The minimum Gasteiger partial charge on any atom is -0.321 e. The number of amides is 1. The number of anilines is 1. The summed E-state index contributed by atoms with van der Waals surface area (Å²) in [4.78, 5) is 12.3. The Morgan fingerprint density at radius 3 is 2.70 bits per heavy atom. The largest absolute Gasteiger partial charge is 0.321 e. The summed E-state index contributed by atoms with van der Waals surface area (Å²) in [5, 5.41) is 3.54. The molecule has 4 heteroatoms. The smallest absolute Gasteiger partial charge is 0.255 e. The van der Waals surface area contributed by atoms with Crippen molar-refractivity contribution in [3.8, 4) is 0 Å². The van der Waals surface area contributed by atoms with Crippen molar-refractivity contribution >= 4 is 39.1 Å². The fourth-order valence-corrected chi connectivity index (χ4v) is 2.90. The van der Waals surface area contributed by atoms with Crippen LogP contribution in [0.2, 0.25) is 5.02 Å². The second kappa shape index (κ2) is 6.42. The summed E-state index contributed by atoms with van der Waals surface area (Å²) in [5.41, 5.74) is 3.57. The summed E-state index contributed by atoms with van der Waals surface area (Å²) in [6.45, 7) is 4.05.